The molecule has 2 saturated heterocycles. The Hall–Kier alpha value is -4.42. The topological polar surface area (TPSA) is 132 Å². The highest BCUT2D eigenvalue weighted by Gasteiger charge is 2.32. The first-order valence-corrected chi connectivity index (χ1v) is 15.7. The molecule has 7 rings (SSSR count). The quantitative estimate of drug-likeness (QED) is 0.292. The van der Waals surface area contributed by atoms with Gasteiger partial charge in [0.1, 0.15) is 11.3 Å². The van der Waals surface area contributed by atoms with E-state index in [0.717, 1.165) is 65.2 Å². The third-order valence-corrected chi connectivity index (χ3v) is 9.67. The van der Waals surface area contributed by atoms with Gasteiger partial charge in [-0.2, -0.15) is 10.1 Å². The van der Waals surface area contributed by atoms with Gasteiger partial charge in [0.05, 0.1) is 29.7 Å². The molecule has 0 spiro atoms. The highest BCUT2D eigenvalue weighted by molar-refractivity contribution is 6.32. The number of fused-ring (bicyclic) bond motifs is 2. The van der Waals surface area contributed by atoms with Gasteiger partial charge in [0.2, 0.25) is 17.8 Å². The summed E-state index contributed by atoms with van der Waals surface area (Å²) < 4.78 is 1.84. The second-order valence-corrected chi connectivity index (χ2v) is 12.6. The van der Waals surface area contributed by atoms with Crippen LogP contribution in [0.1, 0.15) is 42.9 Å². The molecule has 2 fully saturated rings. The van der Waals surface area contributed by atoms with Gasteiger partial charge < -0.3 is 30.4 Å². The molecule has 0 saturated carbocycles. The van der Waals surface area contributed by atoms with Crippen LogP contribution >= 0.6 is 11.6 Å². The lowest BCUT2D eigenvalue weighted by Crippen LogP contribution is -2.44. The maximum absolute atomic E-state index is 12.6. The Labute approximate surface area is 266 Å². The van der Waals surface area contributed by atoms with Crippen molar-refractivity contribution >= 4 is 63.1 Å². The number of carbonyl (C=O) groups excluding carboxylic acids is 2. The molecule has 3 N–H and O–H groups in total. The molecule has 45 heavy (non-hydrogen) atoms. The highest BCUT2D eigenvalue weighted by Crippen LogP contribution is 2.35. The number of likely N-dealkylation sites (N-methyl/N-ethyl adjacent to an activating group) is 1. The molecule has 2 unspecified atom stereocenters. The minimum Gasteiger partial charge on any atom is -0.374 e. The summed E-state index contributed by atoms with van der Waals surface area (Å²) in [7, 11) is 5.72. The molecule has 3 aliphatic rings. The number of aromatic nitrogens is 4. The number of aryl methyl sites for hydroxylation is 1. The lowest BCUT2D eigenvalue weighted by molar-refractivity contribution is -0.128. The van der Waals surface area contributed by atoms with E-state index in [1.165, 1.54) is 0 Å². The molecule has 5 heterocycles. The van der Waals surface area contributed by atoms with Crippen LogP contribution in [0.15, 0.2) is 42.6 Å². The van der Waals surface area contributed by atoms with E-state index in [1.54, 1.807) is 18.1 Å². The predicted molar refractivity (Wildman–Crippen MR) is 174 cm³/mol. The van der Waals surface area contributed by atoms with Gasteiger partial charge in [-0.25, -0.2) is 4.98 Å². The third kappa shape index (κ3) is 5.42. The van der Waals surface area contributed by atoms with Crippen LogP contribution < -0.4 is 25.3 Å². The summed E-state index contributed by atoms with van der Waals surface area (Å²) in [6.07, 6.45) is 4.17. The fourth-order valence-corrected chi connectivity index (χ4v) is 6.89. The summed E-state index contributed by atoms with van der Waals surface area (Å²) in [5.41, 5.74) is 5.58. The summed E-state index contributed by atoms with van der Waals surface area (Å²) in [5, 5.41) is 21.8. The van der Waals surface area contributed by atoms with Crippen molar-refractivity contribution in [3.63, 3.8) is 0 Å². The fraction of sp³-hybridized carbons (Fsp3) is 0.406. The van der Waals surface area contributed by atoms with Crippen molar-refractivity contribution < 1.29 is 14.7 Å². The molecule has 2 aromatic heterocycles. The van der Waals surface area contributed by atoms with Gasteiger partial charge >= 0.3 is 0 Å². The molecule has 12 nitrogen and oxygen atoms in total. The number of aliphatic hydroxyl groups is 1. The van der Waals surface area contributed by atoms with E-state index in [9.17, 15) is 14.7 Å². The number of hydrogen-bond donors (Lipinski definition) is 3. The van der Waals surface area contributed by atoms with Crippen LogP contribution in [0.25, 0.3) is 10.9 Å². The molecular formula is C32H36ClN9O3. The van der Waals surface area contributed by atoms with Gasteiger partial charge in [-0.15, -0.1) is 0 Å². The van der Waals surface area contributed by atoms with Crippen LogP contribution in [0, 0.1) is 0 Å². The van der Waals surface area contributed by atoms with Crippen molar-refractivity contribution in [2.45, 2.75) is 50.3 Å². The summed E-state index contributed by atoms with van der Waals surface area (Å²) in [6, 6.07) is 12.4. The first kappa shape index (κ1) is 29.3. The summed E-state index contributed by atoms with van der Waals surface area (Å²) in [4.78, 5) is 40.1. The Balaban J connectivity index is 1.02. The van der Waals surface area contributed by atoms with Crippen LogP contribution in [-0.4, -0.2) is 76.1 Å². The van der Waals surface area contributed by atoms with Crippen molar-refractivity contribution in [3.05, 3.63) is 58.9 Å². The molecule has 2 atom stereocenters. The second kappa shape index (κ2) is 11.5. The second-order valence-electron chi connectivity index (χ2n) is 12.2. The number of benzene rings is 2. The Morgan fingerprint density at radius 3 is 2.64 bits per heavy atom. The molecule has 0 bridgehead atoms. The average molecular weight is 630 g/mol. The summed E-state index contributed by atoms with van der Waals surface area (Å²) in [6.45, 7) is 1.74. The minimum absolute atomic E-state index is 0.0798. The predicted octanol–water partition coefficient (Wildman–Crippen LogP) is 3.70. The number of carbonyl (C=O) groups is 2. The van der Waals surface area contributed by atoms with Crippen LogP contribution in [0.3, 0.4) is 0 Å². The monoisotopic (exact) mass is 629 g/mol. The smallest absolute Gasteiger partial charge is 0.231 e. The number of nitrogens with one attached hydrogen (secondary N) is 2. The maximum atomic E-state index is 12.6. The van der Waals surface area contributed by atoms with E-state index in [-0.39, 0.29) is 23.8 Å². The maximum Gasteiger partial charge on any atom is 0.231 e. The van der Waals surface area contributed by atoms with E-state index in [4.69, 9.17) is 21.7 Å². The zero-order valence-electron chi connectivity index (χ0n) is 25.5. The number of aliphatic hydroxyl groups excluding tert-OH is 1. The first-order valence-electron chi connectivity index (χ1n) is 15.3. The molecule has 0 aliphatic carbocycles. The first-order chi connectivity index (χ1) is 21.7. The molecule has 13 heteroatoms. The van der Waals surface area contributed by atoms with Gasteiger partial charge in [0, 0.05) is 62.7 Å². The molecule has 234 valence electrons. The van der Waals surface area contributed by atoms with Crippen molar-refractivity contribution in [1.82, 2.24) is 25.1 Å². The van der Waals surface area contributed by atoms with Crippen molar-refractivity contribution in [2.75, 3.05) is 47.2 Å². The number of rotatable bonds is 6. The molecule has 3 aliphatic heterocycles. The molecule has 2 aromatic carbocycles. The van der Waals surface area contributed by atoms with Crippen LogP contribution in [0.2, 0.25) is 5.02 Å². The Morgan fingerprint density at radius 1 is 1.07 bits per heavy atom. The van der Waals surface area contributed by atoms with Crippen molar-refractivity contribution in [3.8, 4) is 0 Å². The summed E-state index contributed by atoms with van der Waals surface area (Å²) >= 11 is 6.49. The zero-order chi connectivity index (χ0) is 31.4. The van der Waals surface area contributed by atoms with Gasteiger partial charge in [0.25, 0.3) is 0 Å². The third-order valence-electron chi connectivity index (χ3n) is 9.39. The molecular weight excluding hydrogens is 594 g/mol. The Morgan fingerprint density at radius 2 is 1.87 bits per heavy atom. The molecule has 2 amide bonds. The standard InChI is InChI=1S/C32H36ClN9O3/c1-39(32-34-17-24(33)30(37-32)35-19-4-8-25-18(14-19)15-28(44)40(25)2)20-10-12-42(13-11-20)21-5-6-22-26(16-21)41(3)38-29(22)23-7-9-27(43)36-31(23)45/h4-6,8,14,16-17,20,23,27,43H,7,9-13,15H2,1-3H3,(H,36,45)(H,34,35,37). The highest BCUT2D eigenvalue weighted by atomic mass is 35.5. The van der Waals surface area contributed by atoms with E-state index in [2.05, 4.69) is 43.6 Å². The van der Waals surface area contributed by atoms with E-state index in [1.807, 2.05) is 37.0 Å². The lowest BCUT2D eigenvalue weighted by atomic mass is 9.92. The van der Waals surface area contributed by atoms with Gasteiger partial charge in [-0.1, -0.05) is 11.6 Å². The number of halogens is 1. The van der Waals surface area contributed by atoms with Crippen LogP contribution in [0.4, 0.5) is 28.8 Å². The average Bonchev–Trinajstić information content (AvgIpc) is 3.51. The van der Waals surface area contributed by atoms with Crippen molar-refractivity contribution in [1.29, 1.82) is 0 Å². The van der Waals surface area contributed by atoms with Crippen LogP contribution in [0.5, 0.6) is 0 Å². The van der Waals surface area contributed by atoms with E-state index < -0.39 is 6.23 Å². The van der Waals surface area contributed by atoms with Crippen LogP contribution in [-0.2, 0) is 23.1 Å². The molecule has 0 radical (unpaired) electrons. The zero-order valence-corrected chi connectivity index (χ0v) is 26.3. The minimum atomic E-state index is -0.783. The van der Waals surface area contributed by atoms with Gasteiger partial charge in [0.15, 0.2) is 5.82 Å². The van der Waals surface area contributed by atoms with Crippen molar-refractivity contribution in [2.24, 2.45) is 7.05 Å². The van der Waals surface area contributed by atoms with E-state index in [0.29, 0.717) is 36.1 Å². The van der Waals surface area contributed by atoms with Gasteiger partial charge in [-0.3, -0.25) is 14.3 Å². The molecule has 4 aromatic rings. The van der Waals surface area contributed by atoms with E-state index >= 15 is 0 Å². The lowest BCUT2D eigenvalue weighted by Gasteiger charge is -2.38. The number of piperidine rings is 2. The number of hydrogen-bond acceptors (Lipinski definition) is 9. The SMILES string of the molecule is CN1C(=O)Cc2cc(Nc3nc(N(C)C4CCN(c5ccc6c(C7CCC(O)NC7=O)nn(C)c6c5)CC4)ncc3Cl)ccc21. The fourth-order valence-electron chi connectivity index (χ4n) is 6.76. The Bertz CT molecular complexity index is 1800. The largest absolute Gasteiger partial charge is 0.374 e. The number of anilines is 5. The summed E-state index contributed by atoms with van der Waals surface area (Å²) in [5.74, 6) is 0.664. The Kier molecular flexibility index (Phi) is 7.49. The number of nitrogens with zero attached hydrogens (tertiary/aromatic N) is 7. The number of amides is 2. The van der Waals surface area contributed by atoms with Gasteiger partial charge in [-0.05, 0) is 67.6 Å². The normalized spacial score (nSPS) is 20.5.